The van der Waals surface area contributed by atoms with Crippen molar-refractivity contribution in [1.29, 1.82) is 0 Å². The number of nitrogens with one attached hydrogen (secondary N) is 1. The van der Waals surface area contributed by atoms with Crippen LogP contribution in [-0.4, -0.2) is 47.9 Å². The number of benzene rings is 1. The average Bonchev–Trinajstić information content (AvgIpc) is 2.73. The van der Waals surface area contributed by atoms with Gasteiger partial charge in [0.25, 0.3) is 0 Å². The molecule has 2 heterocycles. The van der Waals surface area contributed by atoms with Gasteiger partial charge in [0.05, 0.1) is 18.0 Å². The van der Waals surface area contributed by atoms with Gasteiger partial charge in [0.2, 0.25) is 11.8 Å². The Bertz CT molecular complexity index is 864. The standard InChI is InChI=1S/C21H23F3N4O2/c1-15(29)26-18(16-5-3-2-4-6-16)13-20(30)28-11-9-27(10-12-28)19-8-7-17(14-25-19)21(22,23)24/h2-8,14,18H,9-13H2,1H3,(H,26,29). The maximum atomic E-state index is 12.8. The van der Waals surface area contributed by atoms with Gasteiger partial charge in [-0.25, -0.2) is 4.98 Å². The monoisotopic (exact) mass is 420 g/mol. The van der Waals surface area contributed by atoms with E-state index in [4.69, 9.17) is 0 Å². The molecule has 6 nitrogen and oxygen atoms in total. The molecule has 1 aromatic heterocycles. The van der Waals surface area contributed by atoms with E-state index in [1.807, 2.05) is 35.2 Å². The molecule has 30 heavy (non-hydrogen) atoms. The van der Waals surface area contributed by atoms with Crippen LogP contribution in [0, 0.1) is 0 Å². The lowest BCUT2D eigenvalue weighted by Crippen LogP contribution is -2.49. The summed E-state index contributed by atoms with van der Waals surface area (Å²) in [5.41, 5.74) is 0.0682. The number of rotatable bonds is 5. The minimum atomic E-state index is -4.42. The average molecular weight is 420 g/mol. The fourth-order valence-electron chi connectivity index (χ4n) is 3.41. The van der Waals surface area contributed by atoms with Crippen molar-refractivity contribution in [2.24, 2.45) is 0 Å². The summed E-state index contributed by atoms with van der Waals surface area (Å²) in [6.07, 6.45) is -3.45. The van der Waals surface area contributed by atoms with Crippen molar-refractivity contribution in [3.8, 4) is 0 Å². The highest BCUT2D eigenvalue weighted by molar-refractivity contribution is 5.79. The van der Waals surface area contributed by atoms with Gasteiger partial charge < -0.3 is 15.1 Å². The third-order valence-corrected chi connectivity index (χ3v) is 4.99. The van der Waals surface area contributed by atoms with Crippen LogP contribution in [0.1, 0.15) is 30.5 Å². The van der Waals surface area contributed by atoms with Crippen molar-refractivity contribution in [2.45, 2.75) is 25.6 Å². The number of aromatic nitrogens is 1. The molecule has 0 bridgehead atoms. The number of carbonyl (C=O) groups excluding carboxylic acids is 2. The van der Waals surface area contributed by atoms with Crippen molar-refractivity contribution in [2.75, 3.05) is 31.1 Å². The lowest BCUT2D eigenvalue weighted by Gasteiger charge is -2.36. The van der Waals surface area contributed by atoms with Crippen molar-refractivity contribution in [3.63, 3.8) is 0 Å². The molecule has 9 heteroatoms. The Morgan fingerprint density at radius 2 is 1.73 bits per heavy atom. The van der Waals surface area contributed by atoms with Crippen LogP contribution in [0.4, 0.5) is 19.0 Å². The van der Waals surface area contributed by atoms with Gasteiger partial charge in [0, 0.05) is 39.3 Å². The highest BCUT2D eigenvalue weighted by Gasteiger charge is 2.31. The van der Waals surface area contributed by atoms with Gasteiger partial charge in [-0.3, -0.25) is 9.59 Å². The maximum absolute atomic E-state index is 12.8. The van der Waals surface area contributed by atoms with E-state index in [0.29, 0.717) is 32.0 Å². The quantitative estimate of drug-likeness (QED) is 0.808. The van der Waals surface area contributed by atoms with Crippen LogP contribution in [0.2, 0.25) is 0 Å². The summed E-state index contributed by atoms with van der Waals surface area (Å²) in [6.45, 7) is 3.23. The zero-order valence-electron chi connectivity index (χ0n) is 16.5. The minimum Gasteiger partial charge on any atom is -0.353 e. The predicted molar refractivity (Wildman–Crippen MR) is 106 cm³/mol. The maximum Gasteiger partial charge on any atom is 0.417 e. The van der Waals surface area contributed by atoms with Crippen molar-refractivity contribution in [1.82, 2.24) is 15.2 Å². The van der Waals surface area contributed by atoms with Crippen LogP contribution in [0.15, 0.2) is 48.7 Å². The fraction of sp³-hybridized carbons (Fsp3) is 0.381. The number of piperazine rings is 1. The van der Waals surface area contributed by atoms with E-state index in [-0.39, 0.29) is 18.2 Å². The first-order valence-corrected chi connectivity index (χ1v) is 9.62. The number of nitrogens with zero attached hydrogens (tertiary/aromatic N) is 3. The second-order valence-corrected chi connectivity index (χ2v) is 7.14. The normalized spacial score (nSPS) is 15.6. The van der Waals surface area contributed by atoms with Crippen LogP contribution >= 0.6 is 0 Å². The predicted octanol–water partition coefficient (Wildman–Crippen LogP) is 3.02. The van der Waals surface area contributed by atoms with Crippen LogP contribution in [0.3, 0.4) is 0 Å². The summed E-state index contributed by atoms with van der Waals surface area (Å²) in [5, 5.41) is 2.82. The molecular weight excluding hydrogens is 397 g/mol. The first kappa shape index (κ1) is 21.6. The zero-order valence-corrected chi connectivity index (χ0v) is 16.5. The molecule has 0 aliphatic carbocycles. The van der Waals surface area contributed by atoms with Gasteiger partial charge in [-0.05, 0) is 17.7 Å². The number of halogens is 3. The first-order valence-electron chi connectivity index (χ1n) is 9.62. The molecule has 0 radical (unpaired) electrons. The van der Waals surface area contributed by atoms with Gasteiger partial charge in [-0.15, -0.1) is 0 Å². The summed E-state index contributed by atoms with van der Waals surface area (Å²) >= 11 is 0. The van der Waals surface area contributed by atoms with E-state index < -0.39 is 17.8 Å². The van der Waals surface area contributed by atoms with Gasteiger partial charge in [0.15, 0.2) is 0 Å². The van der Waals surface area contributed by atoms with Crippen LogP contribution in [0.5, 0.6) is 0 Å². The van der Waals surface area contributed by atoms with E-state index in [9.17, 15) is 22.8 Å². The number of hydrogen-bond acceptors (Lipinski definition) is 4. The molecular formula is C21H23F3N4O2. The van der Waals surface area contributed by atoms with E-state index in [0.717, 1.165) is 17.8 Å². The number of pyridine rings is 1. The third-order valence-electron chi connectivity index (χ3n) is 4.99. The molecule has 1 saturated heterocycles. The Morgan fingerprint density at radius 3 is 2.27 bits per heavy atom. The van der Waals surface area contributed by atoms with Crippen LogP contribution in [-0.2, 0) is 15.8 Å². The largest absolute Gasteiger partial charge is 0.417 e. The second kappa shape index (κ2) is 9.15. The molecule has 1 fully saturated rings. The Labute approximate surface area is 172 Å². The van der Waals surface area contributed by atoms with E-state index >= 15 is 0 Å². The lowest BCUT2D eigenvalue weighted by molar-refractivity contribution is -0.138. The third kappa shape index (κ3) is 5.49. The fourth-order valence-corrected chi connectivity index (χ4v) is 3.41. The number of hydrogen-bond donors (Lipinski definition) is 1. The number of carbonyl (C=O) groups is 2. The SMILES string of the molecule is CC(=O)NC(CC(=O)N1CCN(c2ccc(C(F)(F)F)cn2)CC1)c1ccccc1. The Kier molecular flexibility index (Phi) is 6.59. The topological polar surface area (TPSA) is 65.5 Å². The van der Waals surface area contributed by atoms with Crippen molar-refractivity contribution >= 4 is 17.6 Å². The summed E-state index contributed by atoms with van der Waals surface area (Å²) in [5.74, 6) is 0.156. The molecule has 2 amide bonds. The van der Waals surface area contributed by atoms with Crippen molar-refractivity contribution in [3.05, 3.63) is 59.8 Å². The first-order chi connectivity index (χ1) is 14.2. The minimum absolute atomic E-state index is 0.0855. The lowest BCUT2D eigenvalue weighted by atomic mass is 10.0. The highest BCUT2D eigenvalue weighted by atomic mass is 19.4. The molecule has 1 N–H and O–H groups in total. The molecule has 0 spiro atoms. The van der Waals surface area contributed by atoms with E-state index in [2.05, 4.69) is 10.3 Å². The second-order valence-electron chi connectivity index (χ2n) is 7.14. The Hall–Kier alpha value is -3.10. The van der Waals surface area contributed by atoms with Crippen LogP contribution in [0.25, 0.3) is 0 Å². The van der Waals surface area contributed by atoms with Gasteiger partial charge in [-0.1, -0.05) is 30.3 Å². The molecule has 1 aliphatic heterocycles. The smallest absolute Gasteiger partial charge is 0.353 e. The molecule has 1 unspecified atom stereocenters. The van der Waals surface area contributed by atoms with Gasteiger partial charge in [0.1, 0.15) is 5.82 Å². The van der Waals surface area contributed by atoms with Crippen molar-refractivity contribution < 1.29 is 22.8 Å². The van der Waals surface area contributed by atoms with E-state index in [1.165, 1.54) is 13.0 Å². The van der Waals surface area contributed by atoms with Crippen LogP contribution < -0.4 is 10.2 Å². The molecule has 1 aliphatic rings. The summed E-state index contributed by atoms with van der Waals surface area (Å²) < 4.78 is 38.1. The Balaban J connectivity index is 1.58. The highest BCUT2D eigenvalue weighted by Crippen LogP contribution is 2.29. The molecule has 1 aromatic carbocycles. The summed E-state index contributed by atoms with van der Waals surface area (Å²) in [6, 6.07) is 11.2. The Morgan fingerprint density at radius 1 is 1.07 bits per heavy atom. The summed E-state index contributed by atoms with van der Waals surface area (Å²) in [4.78, 5) is 31.8. The number of amides is 2. The molecule has 1 atom stereocenters. The summed E-state index contributed by atoms with van der Waals surface area (Å²) in [7, 11) is 0. The molecule has 160 valence electrons. The van der Waals surface area contributed by atoms with Gasteiger partial charge >= 0.3 is 6.18 Å². The zero-order chi connectivity index (χ0) is 21.7. The number of anilines is 1. The number of alkyl halides is 3. The molecule has 2 aromatic rings. The molecule has 3 rings (SSSR count). The van der Waals surface area contributed by atoms with E-state index in [1.54, 1.807) is 4.90 Å². The van der Waals surface area contributed by atoms with Gasteiger partial charge in [-0.2, -0.15) is 13.2 Å². The molecule has 0 saturated carbocycles.